The summed E-state index contributed by atoms with van der Waals surface area (Å²) in [6.45, 7) is 7.92. The summed E-state index contributed by atoms with van der Waals surface area (Å²) in [5, 5.41) is 12.4. The van der Waals surface area contributed by atoms with Gasteiger partial charge in [0.15, 0.2) is 5.13 Å². The van der Waals surface area contributed by atoms with Gasteiger partial charge in [-0.15, -0.1) is 11.3 Å². The van der Waals surface area contributed by atoms with Gasteiger partial charge in [-0.25, -0.2) is 13.4 Å². The molecule has 1 aromatic carbocycles. The molecule has 6 atom stereocenters. The number of aliphatic hydroxyl groups is 1. The zero-order valence-corrected chi connectivity index (χ0v) is 23.3. The lowest BCUT2D eigenvalue weighted by Gasteiger charge is -2.53. The number of benzene rings is 1. The van der Waals surface area contributed by atoms with Crippen LogP contribution < -0.4 is 4.72 Å². The predicted octanol–water partition coefficient (Wildman–Crippen LogP) is 4.91. The molecule has 36 heavy (non-hydrogen) atoms. The topological polar surface area (TPSA) is 99.6 Å². The van der Waals surface area contributed by atoms with Crippen molar-refractivity contribution >= 4 is 44.0 Å². The normalized spacial score (nSPS) is 31.0. The summed E-state index contributed by atoms with van der Waals surface area (Å²) in [5.41, 5.74) is 0.729. The van der Waals surface area contributed by atoms with Crippen LogP contribution in [0.4, 0.5) is 5.13 Å². The molecular formula is C26H34ClN3O4S2. The van der Waals surface area contributed by atoms with Crippen molar-refractivity contribution in [2.24, 2.45) is 23.2 Å². The molecule has 196 valence electrons. The molecule has 2 N–H and O–H groups in total. The number of hydrogen-bond acceptors (Lipinski definition) is 6. The van der Waals surface area contributed by atoms with Gasteiger partial charge in [0, 0.05) is 34.8 Å². The Balaban J connectivity index is 1.37. The Bertz CT molecular complexity index is 1240. The summed E-state index contributed by atoms with van der Waals surface area (Å²) >= 11 is 7.28. The lowest BCUT2D eigenvalue weighted by atomic mass is 9.53. The highest BCUT2D eigenvalue weighted by Gasteiger charge is 2.54. The van der Waals surface area contributed by atoms with Crippen molar-refractivity contribution in [3.05, 3.63) is 39.9 Å². The first-order valence-corrected chi connectivity index (χ1v) is 15.4. The van der Waals surface area contributed by atoms with Crippen molar-refractivity contribution in [3.8, 4) is 0 Å². The van der Waals surface area contributed by atoms with E-state index in [1.54, 1.807) is 12.1 Å². The molecule has 7 nitrogen and oxygen atoms in total. The second-order valence-corrected chi connectivity index (χ2v) is 14.2. The van der Waals surface area contributed by atoms with Gasteiger partial charge in [0.1, 0.15) is 0 Å². The number of carbonyl (C=O) groups is 1. The van der Waals surface area contributed by atoms with E-state index in [1.165, 1.54) is 23.5 Å². The molecule has 1 aliphatic heterocycles. The molecular weight excluding hydrogens is 518 g/mol. The molecule has 0 spiro atoms. The summed E-state index contributed by atoms with van der Waals surface area (Å²) in [7, 11) is -3.79. The van der Waals surface area contributed by atoms with Gasteiger partial charge >= 0.3 is 0 Å². The van der Waals surface area contributed by atoms with Crippen molar-refractivity contribution in [3.63, 3.8) is 0 Å². The Hall–Kier alpha value is -1.68. The minimum atomic E-state index is -3.79. The number of amides is 1. The lowest BCUT2D eigenvalue weighted by Crippen LogP contribution is -2.53. The highest BCUT2D eigenvalue weighted by Crippen LogP contribution is 2.57. The number of halogens is 1. The maximum absolute atomic E-state index is 13.1. The highest BCUT2D eigenvalue weighted by molar-refractivity contribution is 7.93. The van der Waals surface area contributed by atoms with Crippen LogP contribution in [0.15, 0.2) is 29.2 Å². The molecule has 1 saturated carbocycles. The van der Waals surface area contributed by atoms with Gasteiger partial charge in [0.05, 0.1) is 16.7 Å². The second-order valence-electron chi connectivity index (χ2n) is 11.0. The van der Waals surface area contributed by atoms with Crippen molar-refractivity contribution in [1.29, 1.82) is 0 Å². The number of nitrogens with zero attached hydrogens (tertiary/aromatic N) is 2. The van der Waals surface area contributed by atoms with E-state index >= 15 is 0 Å². The molecule has 2 aromatic rings. The molecule has 2 aliphatic carbocycles. The van der Waals surface area contributed by atoms with E-state index in [0.717, 1.165) is 55.8 Å². The predicted molar refractivity (Wildman–Crippen MR) is 142 cm³/mol. The SMILES string of the molecule is C[C@H](C(=O)N1CCCC1)[C@H]1CC[C@@]2(C)Cc3sc(NS(=O)(=O)c4ccc(Cl)cc4)nc3[C@@H](C)[C@@H]2[C@H]1O. The summed E-state index contributed by atoms with van der Waals surface area (Å²) < 4.78 is 28.4. The number of thiazole rings is 1. The Morgan fingerprint density at radius 3 is 2.61 bits per heavy atom. The molecule has 2 heterocycles. The average Bonchev–Trinajstić information content (AvgIpc) is 3.48. The van der Waals surface area contributed by atoms with Gasteiger partial charge in [-0.1, -0.05) is 32.4 Å². The van der Waals surface area contributed by atoms with Gasteiger partial charge in [0.2, 0.25) is 5.91 Å². The number of rotatable bonds is 5. The van der Waals surface area contributed by atoms with Crippen LogP contribution in [0.5, 0.6) is 0 Å². The molecule has 1 saturated heterocycles. The molecule has 0 radical (unpaired) electrons. The number of aliphatic hydroxyl groups excluding tert-OH is 1. The first-order chi connectivity index (χ1) is 17.0. The van der Waals surface area contributed by atoms with Crippen LogP contribution in [0, 0.1) is 23.2 Å². The zero-order chi connectivity index (χ0) is 25.8. The molecule has 5 rings (SSSR count). The van der Waals surface area contributed by atoms with Crippen molar-refractivity contribution in [1.82, 2.24) is 9.88 Å². The van der Waals surface area contributed by atoms with Crippen LogP contribution in [0.1, 0.15) is 62.9 Å². The third-order valence-electron chi connectivity index (χ3n) is 8.72. The van der Waals surface area contributed by atoms with Crippen LogP contribution in [-0.4, -0.2) is 48.5 Å². The van der Waals surface area contributed by atoms with E-state index in [1.807, 2.05) is 11.8 Å². The second kappa shape index (κ2) is 9.57. The highest BCUT2D eigenvalue weighted by atomic mass is 35.5. The Kier molecular flexibility index (Phi) is 6.89. The monoisotopic (exact) mass is 551 g/mol. The third kappa shape index (κ3) is 4.57. The van der Waals surface area contributed by atoms with E-state index in [0.29, 0.717) is 10.2 Å². The molecule has 1 aromatic heterocycles. The minimum absolute atomic E-state index is 0.0413. The fraction of sp³-hybridized carbons (Fsp3) is 0.615. The Labute approximate surface area is 222 Å². The van der Waals surface area contributed by atoms with Crippen LogP contribution in [0.3, 0.4) is 0 Å². The minimum Gasteiger partial charge on any atom is -0.392 e. The Morgan fingerprint density at radius 1 is 1.28 bits per heavy atom. The van der Waals surface area contributed by atoms with Crippen LogP contribution in [-0.2, 0) is 21.2 Å². The van der Waals surface area contributed by atoms with Crippen LogP contribution in [0.2, 0.25) is 5.02 Å². The van der Waals surface area contributed by atoms with Gasteiger partial charge < -0.3 is 10.0 Å². The maximum atomic E-state index is 13.1. The fourth-order valence-electron chi connectivity index (χ4n) is 6.79. The number of carbonyl (C=O) groups excluding carboxylic acids is 1. The largest absolute Gasteiger partial charge is 0.392 e. The van der Waals surface area contributed by atoms with E-state index in [4.69, 9.17) is 16.6 Å². The Morgan fingerprint density at radius 2 is 1.94 bits per heavy atom. The van der Waals surface area contributed by atoms with E-state index < -0.39 is 16.1 Å². The molecule has 2 fully saturated rings. The smallest absolute Gasteiger partial charge is 0.263 e. The third-order valence-corrected chi connectivity index (χ3v) is 11.4. The molecule has 0 unspecified atom stereocenters. The van der Waals surface area contributed by atoms with Gasteiger partial charge in [-0.2, -0.15) is 0 Å². The van der Waals surface area contributed by atoms with E-state index in [9.17, 15) is 18.3 Å². The molecule has 3 aliphatic rings. The first-order valence-electron chi connectivity index (χ1n) is 12.7. The van der Waals surface area contributed by atoms with Gasteiger partial charge in [-0.05, 0) is 73.6 Å². The molecule has 1 amide bonds. The summed E-state index contributed by atoms with van der Waals surface area (Å²) in [5.74, 6) is -0.219. The standard InChI is InChI=1S/C26H34ClN3O4S2/c1-15(24(32)30-12-4-5-13-30)19-10-11-26(3)14-20-22(16(2)21(26)23(19)31)28-25(35-20)29-36(33,34)18-8-6-17(27)7-9-18/h6-9,15-16,19,21,23,31H,4-5,10-14H2,1-3H3,(H,28,29)/t15-,16-,19+,21+,23-,26-/m0/s1. The van der Waals surface area contributed by atoms with Crippen LogP contribution >= 0.6 is 22.9 Å². The average molecular weight is 552 g/mol. The van der Waals surface area contributed by atoms with Crippen molar-refractivity contribution in [2.45, 2.75) is 69.8 Å². The summed E-state index contributed by atoms with van der Waals surface area (Å²) in [6.07, 6.45) is 3.98. The number of likely N-dealkylation sites (tertiary alicyclic amines) is 1. The summed E-state index contributed by atoms with van der Waals surface area (Å²) in [6, 6.07) is 6.03. The van der Waals surface area contributed by atoms with E-state index in [-0.39, 0.29) is 39.9 Å². The van der Waals surface area contributed by atoms with E-state index in [2.05, 4.69) is 18.6 Å². The van der Waals surface area contributed by atoms with Crippen molar-refractivity contribution in [2.75, 3.05) is 17.8 Å². The van der Waals surface area contributed by atoms with Gasteiger partial charge in [0.25, 0.3) is 10.0 Å². The first kappa shape index (κ1) is 25.9. The number of aromatic nitrogens is 1. The number of fused-ring (bicyclic) bond motifs is 2. The maximum Gasteiger partial charge on any atom is 0.263 e. The van der Waals surface area contributed by atoms with Crippen LogP contribution in [0.25, 0.3) is 0 Å². The number of nitrogens with one attached hydrogen (secondary N) is 1. The van der Waals surface area contributed by atoms with Crippen molar-refractivity contribution < 1.29 is 18.3 Å². The quantitative estimate of drug-likeness (QED) is 0.550. The summed E-state index contributed by atoms with van der Waals surface area (Å²) in [4.78, 5) is 21.0. The molecule has 0 bridgehead atoms. The van der Waals surface area contributed by atoms with Gasteiger partial charge in [-0.3, -0.25) is 9.52 Å². The lowest BCUT2D eigenvalue weighted by molar-refractivity contribution is -0.143. The fourth-order valence-corrected chi connectivity index (χ4v) is 9.41. The number of hydrogen-bond donors (Lipinski definition) is 2. The zero-order valence-electron chi connectivity index (χ0n) is 20.9. The number of anilines is 1. The number of sulfonamides is 1. The molecule has 10 heteroatoms.